The van der Waals surface area contributed by atoms with Crippen LogP contribution in [0.1, 0.15) is 17.2 Å². The molecule has 76 valence electrons. The van der Waals surface area contributed by atoms with Crippen molar-refractivity contribution in [3.8, 4) is 0 Å². The van der Waals surface area contributed by atoms with E-state index in [4.69, 9.17) is 5.84 Å². The van der Waals surface area contributed by atoms with E-state index in [0.29, 0.717) is 0 Å². The van der Waals surface area contributed by atoms with Gasteiger partial charge in [-0.2, -0.15) is 0 Å². The van der Waals surface area contributed by atoms with Crippen LogP contribution in [0.3, 0.4) is 0 Å². The van der Waals surface area contributed by atoms with Gasteiger partial charge in [-0.25, -0.2) is 5.43 Å². The zero-order valence-corrected chi connectivity index (χ0v) is 8.17. The van der Waals surface area contributed by atoms with Crippen LogP contribution in [0, 0.1) is 0 Å². The monoisotopic (exact) mass is 200 g/mol. The molecule has 0 radical (unpaired) electrons. The Labute approximate surface area is 88.2 Å². The predicted octanol–water partition coefficient (Wildman–Crippen LogP) is 1.03. The zero-order valence-electron chi connectivity index (χ0n) is 8.17. The summed E-state index contributed by atoms with van der Waals surface area (Å²) in [4.78, 5) is 8.04. The number of pyridine rings is 2. The number of aromatic nitrogens is 2. The normalized spacial score (nSPS) is 12.3. The third kappa shape index (κ3) is 2.18. The number of hydrogen-bond donors (Lipinski definition) is 2. The van der Waals surface area contributed by atoms with E-state index in [1.807, 2.05) is 24.3 Å². The summed E-state index contributed by atoms with van der Waals surface area (Å²) in [6, 6.07) is 7.69. The van der Waals surface area contributed by atoms with Crippen molar-refractivity contribution in [2.24, 2.45) is 5.84 Å². The summed E-state index contributed by atoms with van der Waals surface area (Å²) in [5, 5.41) is 0. The van der Waals surface area contributed by atoms with E-state index in [1.165, 1.54) is 0 Å². The number of hydrazine groups is 1. The Hall–Kier alpha value is -1.78. The molecule has 0 aliphatic carbocycles. The van der Waals surface area contributed by atoms with Crippen LogP contribution in [-0.2, 0) is 0 Å². The molecule has 0 saturated heterocycles. The van der Waals surface area contributed by atoms with Crippen LogP contribution >= 0.6 is 0 Å². The average Bonchev–Trinajstić information content (AvgIpc) is 2.33. The lowest BCUT2D eigenvalue weighted by atomic mass is 10.0. The van der Waals surface area contributed by atoms with Gasteiger partial charge in [-0.05, 0) is 29.3 Å². The Morgan fingerprint density at radius 1 is 1.00 bits per heavy atom. The molecule has 0 bridgehead atoms. The zero-order chi connectivity index (χ0) is 10.5. The topological polar surface area (TPSA) is 63.8 Å². The van der Waals surface area contributed by atoms with Crippen LogP contribution in [0.2, 0.25) is 0 Å². The SMILES string of the molecule is NNC(c1ccncc1)c1cccnc1. The Morgan fingerprint density at radius 2 is 1.80 bits per heavy atom. The molecular weight excluding hydrogens is 188 g/mol. The van der Waals surface area contributed by atoms with Crippen LogP contribution in [-0.4, -0.2) is 9.97 Å². The highest BCUT2D eigenvalue weighted by molar-refractivity contribution is 5.27. The Bertz CT molecular complexity index is 362. The van der Waals surface area contributed by atoms with Gasteiger partial charge in [0.1, 0.15) is 0 Å². The second-order valence-corrected chi connectivity index (χ2v) is 3.17. The number of nitrogens with two attached hydrogens (primary N) is 1. The summed E-state index contributed by atoms with van der Waals surface area (Å²) >= 11 is 0. The largest absolute Gasteiger partial charge is 0.271 e. The molecule has 3 N–H and O–H groups in total. The van der Waals surface area contributed by atoms with Crippen LogP contribution in [0.25, 0.3) is 0 Å². The molecule has 1 atom stereocenters. The fraction of sp³-hybridized carbons (Fsp3) is 0.0909. The minimum absolute atomic E-state index is 0.0401. The fourth-order valence-electron chi connectivity index (χ4n) is 1.49. The van der Waals surface area contributed by atoms with Crippen LogP contribution in [0.4, 0.5) is 0 Å². The molecule has 0 aromatic carbocycles. The van der Waals surface area contributed by atoms with E-state index in [1.54, 1.807) is 24.8 Å². The lowest BCUT2D eigenvalue weighted by Crippen LogP contribution is -2.28. The molecule has 1 unspecified atom stereocenters. The van der Waals surface area contributed by atoms with E-state index in [2.05, 4.69) is 15.4 Å². The minimum atomic E-state index is -0.0401. The van der Waals surface area contributed by atoms with Crippen molar-refractivity contribution in [1.29, 1.82) is 0 Å². The number of rotatable bonds is 3. The lowest BCUT2D eigenvalue weighted by Gasteiger charge is -2.15. The van der Waals surface area contributed by atoms with Crippen molar-refractivity contribution in [1.82, 2.24) is 15.4 Å². The number of nitrogens with zero attached hydrogens (tertiary/aromatic N) is 2. The summed E-state index contributed by atoms with van der Waals surface area (Å²) in [6.07, 6.45) is 7.03. The molecule has 0 amide bonds. The smallest absolute Gasteiger partial charge is 0.0726 e. The average molecular weight is 200 g/mol. The molecular formula is C11H12N4. The van der Waals surface area contributed by atoms with E-state index >= 15 is 0 Å². The second-order valence-electron chi connectivity index (χ2n) is 3.17. The summed E-state index contributed by atoms with van der Waals surface area (Å²) < 4.78 is 0. The van der Waals surface area contributed by atoms with Crippen molar-refractivity contribution < 1.29 is 0 Å². The lowest BCUT2D eigenvalue weighted by molar-refractivity contribution is 0.634. The summed E-state index contributed by atoms with van der Waals surface area (Å²) in [6.45, 7) is 0. The summed E-state index contributed by atoms with van der Waals surface area (Å²) in [5.41, 5.74) is 4.87. The highest BCUT2D eigenvalue weighted by Crippen LogP contribution is 2.18. The quantitative estimate of drug-likeness (QED) is 0.573. The van der Waals surface area contributed by atoms with Gasteiger partial charge in [0.15, 0.2) is 0 Å². The summed E-state index contributed by atoms with van der Waals surface area (Å²) in [5.74, 6) is 5.54. The number of hydrogen-bond acceptors (Lipinski definition) is 4. The molecule has 0 fully saturated rings. The Balaban J connectivity index is 2.34. The van der Waals surface area contributed by atoms with Gasteiger partial charge in [-0.1, -0.05) is 6.07 Å². The van der Waals surface area contributed by atoms with Crippen LogP contribution < -0.4 is 11.3 Å². The highest BCUT2D eigenvalue weighted by Gasteiger charge is 2.11. The van der Waals surface area contributed by atoms with Crippen molar-refractivity contribution in [3.63, 3.8) is 0 Å². The van der Waals surface area contributed by atoms with Crippen LogP contribution in [0.15, 0.2) is 49.1 Å². The first-order valence-corrected chi connectivity index (χ1v) is 4.68. The maximum absolute atomic E-state index is 5.54. The second kappa shape index (κ2) is 4.63. The predicted molar refractivity (Wildman–Crippen MR) is 57.6 cm³/mol. The van der Waals surface area contributed by atoms with E-state index in [9.17, 15) is 0 Å². The van der Waals surface area contributed by atoms with Gasteiger partial charge in [-0.15, -0.1) is 0 Å². The molecule has 2 aromatic heterocycles. The fourth-order valence-corrected chi connectivity index (χ4v) is 1.49. The van der Waals surface area contributed by atoms with Gasteiger partial charge in [0.05, 0.1) is 6.04 Å². The van der Waals surface area contributed by atoms with Crippen LogP contribution in [0.5, 0.6) is 0 Å². The highest BCUT2D eigenvalue weighted by atomic mass is 15.2. The van der Waals surface area contributed by atoms with Gasteiger partial charge >= 0.3 is 0 Å². The van der Waals surface area contributed by atoms with E-state index in [-0.39, 0.29) is 6.04 Å². The first kappa shape index (κ1) is 9.76. The van der Waals surface area contributed by atoms with Crippen molar-refractivity contribution in [3.05, 3.63) is 60.2 Å². The van der Waals surface area contributed by atoms with Gasteiger partial charge in [0, 0.05) is 24.8 Å². The summed E-state index contributed by atoms with van der Waals surface area (Å²) in [7, 11) is 0. The maximum atomic E-state index is 5.54. The molecule has 2 heterocycles. The van der Waals surface area contributed by atoms with Gasteiger partial charge in [0.2, 0.25) is 0 Å². The number of nitrogens with one attached hydrogen (secondary N) is 1. The molecule has 0 saturated carbocycles. The molecule has 15 heavy (non-hydrogen) atoms. The molecule has 0 aliphatic heterocycles. The first-order chi connectivity index (χ1) is 7.42. The molecule has 2 rings (SSSR count). The maximum Gasteiger partial charge on any atom is 0.0726 e. The minimum Gasteiger partial charge on any atom is -0.271 e. The third-order valence-electron chi connectivity index (χ3n) is 2.22. The van der Waals surface area contributed by atoms with Gasteiger partial charge < -0.3 is 0 Å². The molecule has 4 nitrogen and oxygen atoms in total. The first-order valence-electron chi connectivity index (χ1n) is 4.68. The van der Waals surface area contributed by atoms with Crippen molar-refractivity contribution in [2.75, 3.05) is 0 Å². The third-order valence-corrected chi connectivity index (χ3v) is 2.22. The standard InChI is InChI=1S/C11H12N4/c12-15-11(9-3-6-13-7-4-9)10-2-1-5-14-8-10/h1-8,11,15H,12H2. The Morgan fingerprint density at radius 3 is 2.40 bits per heavy atom. The van der Waals surface area contributed by atoms with E-state index < -0.39 is 0 Å². The van der Waals surface area contributed by atoms with E-state index in [0.717, 1.165) is 11.1 Å². The molecule has 4 heteroatoms. The van der Waals surface area contributed by atoms with Gasteiger partial charge in [-0.3, -0.25) is 15.8 Å². The van der Waals surface area contributed by atoms with Crippen molar-refractivity contribution in [2.45, 2.75) is 6.04 Å². The molecule has 2 aromatic rings. The van der Waals surface area contributed by atoms with Crippen molar-refractivity contribution >= 4 is 0 Å². The van der Waals surface area contributed by atoms with Gasteiger partial charge in [0.25, 0.3) is 0 Å². The molecule has 0 spiro atoms. The molecule has 0 aliphatic rings. The Kier molecular flexibility index (Phi) is 3.02.